The molecular weight excluding hydrogens is 395 g/mol. The molecule has 0 saturated carbocycles. The van der Waals surface area contributed by atoms with E-state index in [1.165, 1.54) is 12.1 Å². The molecule has 0 aromatic heterocycles. The van der Waals surface area contributed by atoms with Crippen molar-refractivity contribution in [1.29, 1.82) is 0 Å². The summed E-state index contributed by atoms with van der Waals surface area (Å²) in [6, 6.07) is 14.3. The van der Waals surface area contributed by atoms with Crippen LogP contribution in [0.3, 0.4) is 0 Å². The first-order chi connectivity index (χ1) is 14.3. The number of halogens is 3. The Balaban J connectivity index is 1.44. The molecule has 2 aromatic rings. The van der Waals surface area contributed by atoms with Gasteiger partial charge in [0.1, 0.15) is 6.61 Å². The minimum absolute atomic E-state index is 0.0808. The molecule has 4 rings (SSSR count). The minimum Gasteiger partial charge on any atom is -0.445 e. The molecule has 7 heteroatoms. The number of piperidine rings is 1. The fraction of sp³-hybridized carbons (Fsp3) is 0.435. The standard InChI is InChI=1S/C23H24F3NO3/c24-23(25,26)20-9-5-4-8-17(20)12-22(29)13-18-10-11-19(14-22)27(18)21(28)30-15-16-6-2-1-3-7-16/h1-9,18-19,29H,10-15H2. The number of benzene rings is 2. The van der Waals surface area contributed by atoms with Gasteiger partial charge >= 0.3 is 12.3 Å². The number of alkyl halides is 3. The third kappa shape index (κ3) is 4.31. The van der Waals surface area contributed by atoms with Crippen molar-refractivity contribution in [3.8, 4) is 0 Å². The highest BCUT2D eigenvalue weighted by molar-refractivity contribution is 5.69. The summed E-state index contributed by atoms with van der Waals surface area (Å²) in [5.74, 6) is 0. The molecule has 2 atom stereocenters. The summed E-state index contributed by atoms with van der Waals surface area (Å²) < 4.78 is 45.5. The van der Waals surface area contributed by atoms with Crippen LogP contribution in [0.2, 0.25) is 0 Å². The second-order valence-electron chi connectivity index (χ2n) is 8.30. The van der Waals surface area contributed by atoms with E-state index in [-0.39, 0.29) is 43.5 Å². The molecule has 4 nitrogen and oxygen atoms in total. The van der Waals surface area contributed by atoms with Gasteiger partial charge in [0.2, 0.25) is 0 Å². The molecule has 2 saturated heterocycles. The Kier molecular flexibility index (Phi) is 5.49. The van der Waals surface area contributed by atoms with Gasteiger partial charge in [-0.15, -0.1) is 0 Å². The number of ether oxygens (including phenoxy) is 1. The van der Waals surface area contributed by atoms with Crippen LogP contribution in [0.25, 0.3) is 0 Å². The van der Waals surface area contributed by atoms with E-state index in [4.69, 9.17) is 4.74 Å². The van der Waals surface area contributed by atoms with E-state index in [0.29, 0.717) is 12.8 Å². The SMILES string of the molecule is O=C(OCc1ccccc1)N1C2CCC1CC(O)(Cc1ccccc1C(F)(F)F)C2. The molecule has 2 aliphatic rings. The maximum atomic E-state index is 13.3. The van der Waals surface area contributed by atoms with Crippen molar-refractivity contribution >= 4 is 6.09 Å². The summed E-state index contributed by atoms with van der Waals surface area (Å²) in [4.78, 5) is 14.3. The summed E-state index contributed by atoms with van der Waals surface area (Å²) in [6.45, 7) is 0.166. The van der Waals surface area contributed by atoms with Crippen molar-refractivity contribution in [2.45, 2.75) is 62.6 Å². The lowest BCUT2D eigenvalue weighted by atomic mass is 9.80. The zero-order valence-corrected chi connectivity index (χ0v) is 16.4. The van der Waals surface area contributed by atoms with Crippen molar-refractivity contribution in [1.82, 2.24) is 4.90 Å². The molecule has 2 bridgehead atoms. The molecule has 0 radical (unpaired) electrons. The van der Waals surface area contributed by atoms with Crippen molar-refractivity contribution in [2.75, 3.05) is 0 Å². The van der Waals surface area contributed by atoms with Crippen LogP contribution >= 0.6 is 0 Å². The molecule has 2 aromatic carbocycles. The van der Waals surface area contributed by atoms with Gasteiger partial charge in [0.15, 0.2) is 0 Å². The molecule has 1 N–H and O–H groups in total. The number of rotatable bonds is 4. The molecule has 2 aliphatic heterocycles. The monoisotopic (exact) mass is 419 g/mol. The second-order valence-corrected chi connectivity index (χ2v) is 8.30. The van der Waals surface area contributed by atoms with Crippen LogP contribution in [0.5, 0.6) is 0 Å². The van der Waals surface area contributed by atoms with Crippen molar-refractivity contribution < 1.29 is 27.8 Å². The first kappa shape index (κ1) is 20.7. The van der Waals surface area contributed by atoms with Gasteiger partial charge in [0.25, 0.3) is 0 Å². The van der Waals surface area contributed by atoms with Crippen LogP contribution in [0, 0.1) is 0 Å². The number of hydrogen-bond donors (Lipinski definition) is 1. The average Bonchev–Trinajstić information content (AvgIpc) is 2.99. The topological polar surface area (TPSA) is 49.8 Å². The first-order valence-corrected chi connectivity index (χ1v) is 10.1. The zero-order chi connectivity index (χ0) is 21.4. The summed E-state index contributed by atoms with van der Waals surface area (Å²) in [7, 11) is 0. The Morgan fingerprint density at radius 1 is 1.03 bits per heavy atom. The molecule has 160 valence electrons. The number of aliphatic hydroxyl groups is 1. The zero-order valence-electron chi connectivity index (χ0n) is 16.4. The molecule has 1 amide bonds. The van der Waals surface area contributed by atoms with Crippen LogP contribution in [0.15, 0.2) is 54.6 Å². The van der Waals surface area contributed by atoms with E-state index in [1.807, 2.05) is 30.3 Å². The third-order valence-electron chi connectivity index (χ3n) is 6.11. The average molecular weight is 419 g/mol. The van der Waals surface area contributed by atoms with Gasteiger partial charge in [0.05, 0.1) is 11.2 Å². The molecule has 2 heterocycles. The number of carbonyl (C=O) groups excluding carboxylic acids is 1. The van der Waals surface area contributed by atoms with E-state index in [9.17, 15) is 23.1 Å². The summed E-state index contributed by atoms with van der Waals surface area (Å²) in [5.41, 5.74) is -1.01. The highest BCUT2D eigenvalue weighted by atomic mass is 19.4. The smallest absolute Gasteiger partial charge is 0.416 e. The van der Waals surface area contributed by atoms with Crippen molar-refractivity contribution in [3.05, 3.63) is 71.3 Å². The van der Waals surface area contributed by atoms with E-state index in [0.717, 1.165) is 11.6 Å². The minimum atomic E-state index is -4.46. The van der Waals surface area contributed by atoms with Crippen LogP contribution in [0.1, 0.15) is 42.4 Å². The van der Waals surface area contributed by atoms with E-state index in [1.54, 1.807) is 11.0 Å². The Bertz CT molecular complexity index is 886. The van der Waals surface area contributed by atoms with Gasteiger partial charge < -0.3 is 14.7 Å². The number of amides is 1. The Hall–Kier alpha value is -2.54. The molecule has 2 unspecified atom stereocenters. The van der Waals surface area contributed by atoms with E-state index >= 15 is 0 Å². The van der Waals surface area contributed by atoms with Crippen LogP contribution in [-0.4, -0.2) is 33.8 Å². The van der Waals surface area contributed by atoms with Gasteiger partial charge in [0, 0.05) is 18.5 Å². The highest BCUT2D eigenvalue weighted by Crippen LogP contribution is 2.44. The van der Waals surface area contributed by atoms with E-state index in [2.05, 4.69) is 0 Å². The van der Waals surface area contributed by atoms with Gasteiger partial charge in [-0.1, -0.05) is 48.5 Å². The number of carbonyl (C=O) groups is 1. The largest absolute Gasteiger partial charge is 0.445 e. The van der Waals surface area contributed by atoms with Crippen LogP contribution in [0.4, 0.5) is 18.0 Å². The third-order valence-corrected chi connectivity index (χ3v) is 6.11. The van der Waals surface area contributed by atoms with Gasteiger partial charge in [-0.05, 0) is 42.9 Å². The Morgan fingerprint density at radius 2 is 1.63 bits per heavy atom. The van der Waals surface area contributed by atoms with Gasteiger partial charge in [-0.25, -0.2) is 4.79 Å². The summed E-state index contributed by atoms with van der Waals surface area (Å²) >= 11 is 0. The quantitative estimate of drug-likeness (QED) is 0.764. The second kappa shape index (κ2) is 7.95. The van der Waals surface area contributed by atoms with Crippen molar-refractivity contribution in [3.63, 3.8) is 0 Å². The number of fused-ring (bicyclic) bond motifs is 2. The van der Waals surface area contributed by atoms with Crippen LogP contribution in [-0.2, 0) is 23.9 Å². The lowest BCUT2D eigenvalue weighted by Crippen LogP contribution is -2.54. The van der Waals surface area contributed by atoms with Gasteiger partial charge in [-0.3, -0.25) is 0 Å². The molecule has 0 aliphatic carbocycles. The van der Waals surface area contributed by atoms with Gasteiger partial charge in [-0.2, -0.15) is 13.2 Å². The maximum absolute atomic E-state index is 13.3. The summed E-state index contributed by atoms with van der Waals surface area (Å²) in [6.07, 6.45) is -3.05. The Labute approximate surface area is 173 Å². The fourth-order valence-corrected chi connectivity index (χ4v) is 4.86. The molecular formula is C23H24F3NO3. The number of nitrogens with zero attached hydrogens (tertiary/aromatic N) is 1. The first-order valence-electron chi connectivity index (χ1n) is 10.1. The van der Waals surface area contributed by atoms with Crippen LogP contribution < -0.4 is 0 Å². The fourth-order valence-electron chi connectivity index (χ4n) is 4.86. The predicted octanol–water partition coefficient (Wildman–Crippen LogP) is 4.94. The van der Waals surface area contributed by atoms with E-state index < -0.39 is 23.4 Å². The lowest BCUT2D eigenvalue weighted by molar-refractivity contribution is -0.138. The normalized spacial score (nSPS) is 25.9. The summed E-state index contributed by atoms with van der Waals surface area (Å²) in [5, 5.41) is 11.2. The lowest BCUT2D eigenvalue weighted by Gasteiger charge is -2.43. The maximum Gasteiger partial charge on any atom is 0.416 e. The number of hydrogen-bond acceptors (Lipinski definition) is 3. The highest BCUT2D eigenvalue weighted by Gasteiger charge is 2.50. The van der Waals surface area contributed by atoms with Crippen molar-refractivity contribution in [2.24, 2.45) is 0 Å². The Morgan fingerprint density at radius 3 is 2.27 bits per heavy atom. The predicted molar refractivity (Wildman–Crippen MR) is 105 cm³/mol. The molecule has 30 heavy (non-hydrogen) atoms. The molecule has 0 spiro atoms. The molecule has 2 fully saturated rings.